The van der Waals surface area contributed by atoms with Gasteiger partial charge in [-0.15, -0.1) is 0 Å². The Kier molecular flexibility index (Phi) is 4.00. The molecule has 0 heterocycles. The van der Waals surface area contributed by atoms with Crippen molar-refractivity contribution in [3.8, 4) is 0 Å². The lowest BCUT2D eigenvalue weighted by Gasteiger charge is -2.27. The van der Waals surface area contributed by atoms with Gasteiger partial charge in [-0.05, 0) is 36.0 Å². The molecule has 0 bridgehead atoms. The van der Waals surface area contributed by atoms with Gasteiger partial charge in [-0.25, -0.2) is 4.79 Å². The average Bonchev–Trinajstić information content (AvgIpc) is 2.27. The maximum absolute atomic E-state index is 11.1. The lowest BCUT2D eigenvalue weighted by molar-refractivity contribution is -0.134. The minimum Gasteiger partial charge on any atom is -0.477 e. The highest BCUT2D eigenvalue weighted by Crippen LogP contribution is 2.38. The Labute approximate surface area is 112 Å². The number of rotatable bonds is 4. The number of carboxylic acids is 1. The number of benzene rings is 1. The van der Waals surface area contributed by atoms with E-state index >= 15 is 0 Å². The summed E-state index contributed by atoms with van der Waals surface area (Å²) in [5.41, 5.74) is 1.95. The van der Waals surface area contributed by atoms with Crippen LogP contribution in [-0.2, 0) is 9.59 Å². The molecule has 1 aliphatic rings. The number of hydrogen-bond donors (Lipinski definition) is 2. The third-order valence-electron chi connectivity index (χ3n) is 3.38. The van der Waals surface area contributed by atoms with Crippen LogP contribution in [0.15, 0.2) is 30.0 Å². The topological polar surface area (TPSA) is 66.4 Å². The van der Waals surface area contributed by atoms with Gasteiger partial charge in [-0.2, -0.15) is 0 Å². The molecule has 1 aromatic rings. The Morgan fingerprint density at radius 1 is 1.32 bits per heavy atom. The van der Waals surface area contributed by atoms with Gasteiger partial charge in [0.1, 0.15) is 5.70 Å². The van der Waals surface area contributed by atoms with Crippen LogP contribution in [-0.4, -0.2) is 17.0 Å². The molecule has 0 unspecified atom stereocenters. The zero-order valence-electron chi connectivity index (χ0n) is 10.8. The van der Waals surface area contributed by atoms with E-state index in [1.807, 2.05) is 24.3 Å². The van der Waals surface area contributed by atoms with Crippen LogP contribution in [0, 0.1) is 0 Å². The van der Waals surface area contributed by atoms with Gasteiger partial charge in [-0.3, -0.25) is 4.79 Å². The molecule has 0 saturated heterocycles. The fraction of sp³-hybridized carbons (Fsp3) is 0.333. The van der Waals surface area contributed by atoms with Crippen molar-refractivity contribution in [3.63, 3.8) is 0 Å². The summed E-state index contributed by atoms with van der Waals surface area (Å²) in [6.45, 7) is 1.30. The van der Waals surface area contributed by atoms with Crippen molar-refractivity contribution in [1.29, 1.82) is 0 Å². The molecule has 1 fully saturated rings. The van der Waals surface area contributed by atoms with Gasteiger partial charge in [0.15, 0.2) is 0 Å². The normalized spacial score (nSPS) is 15.7. The van der Waals surface area contributed by atoms with Crippen molar-refractivity contribution < 1.29 is 14.7 Å². The Hall–Kier alpha value is -2.10. The van der Waals surface area contributed by atoms with Crippen molar-refractivity contribution in [2.24, 2.45) is 0 Å². The molecule has 0 atom stereocenters. The van der Waals surface area contributed by atoms with Gasteiger partial charge in [0.05, 0.1) is 0 Å². The lowest BCUT2D eigenvalue weighted by atomic mass is 9.78. The molecule has 1 saturated carbocycles. The van der Waals surface area contributed by atoms with Crippen LogP contribution in [0.1, 0.15) is 43.2 Å². The summed E-state index contributed by atoms with van der Waals surface area (Å²) in [6, 6.07) is 7.76. The molecule has 0 aliphatic heterocycles. The van der Waals surface area contributed by atoms with Crippen LogP contribution in [0.2, 0.25) is 0 Å². The highest BCUT2D eigenvalue weighted by Gasteiger charge is 2.21. The van der Waals surface area contributed by atoms with Crippen LogP contribution >= 0.6 is 0 Å². The molecular weight excluding hydrogens is 242 g/mol. The van der Waals surface area contributed by atoms with E-state index in [4.69, 9.17) is 5.11 Å². The zero-order valence-corrected chi connectivity index (χ0v) is 10.8. The average molecular weight is 259 g/mol. The van der Waals surface area contributed by atoms with Crippen LogP contribution in [0.5, 0.6) is 0 Å². The monoisotopic (exact) mass is 259 g/mol. The second kappa shape index (κ2) is 5.69. The van der Waals surface area contributed by atoms with Gasteiger partial charge in [-0.1, -0.05) is 30.7 Å². The number of carbonyl (C=O) groups is 2. The van der Waals surface area contributed by atoms with Gasteiger partial charge in [0.25, 0.3) is 0 Å². The molecule has 2 rings (SSSR count). The maximum atomic E-state index is 11.1. The number of aliphatic carboxylic acids is 1. The molecule has 1 amide bonds. The van der Waals surface area contributed by atoms with Crippen LogP contribution in [0.3, 0.4) is 0 Å². The first-order valence-electron chi connectivity index (χ1n) is 6.39. The summed E-state index contributed by atoms with van der Waals surface area (Å²) >= 11 is 0. The number of amides is 1. The van der Waals surface area contributed by atoms with Crippen LogP contribution in [0.25, 0.3) is 6.08 Å². The molecule has 4 nitrogen and oxygen atoms in total. The summed E-state index contributed by atoms with van der Waals surface area (Å²) in [6.07, 6.45) is 5.05. The standard InChI is InChI=1S/C15H17NO3/c1-10(17)16-14(15(18)19)9-12-5-2-3-8-13(12)11-6-4-7-11/h2-3,5,8-9,11H,4,6-7H2,1H3,(H,16,17)(H,18,19)/b14-9+. The first-order valence-corrected chi connectivity index (χ1v) is 6.39. The Morgan fingerprint density at radius 3 is 2.53 bits per heavy atom. The summed E-state index contributed by atoms with van der Waals surface area (Å²) < 4.78 is 0. The van der Waals surface area contributed by atoms with Crippen LogP contribution in [0.4, 0.5) is 0 Å². The van der Waals surface area contributed by atoms with Gasteiger partial charge < -0.3 is 10.4 Å². The number of carboxylic acid groups (broad SMARTS) is 1. The van der Waals surface area contributed by atoms with Crippen molar-refractivity contribution in [3.05, 3.63) is 41.1 Å². The predicted molar refractivity (Wildman–Crippen MR) is 72.5 cm³/mol. The molecule has 2 N–H and O–H groups in total. The van der Waals surface area contributed by atoms with E-state index in [9.17, 15) is 9.59 Å². The fourth-order valence-corrected chi connectivity index (χ4v) is 2.23. The second-order valence-electron chi connectivity index (χ2n) is 4.80. The third kappa shape index (κ3) is 3.22. The van der Waals surface area contributed by atoms with Crippen LogP contribution < -0.4 is 5.32 Å². The molecule has 1 aliphatic carbocycles. The number of carbonyl (C=O) groups excluding carboxylic acids is 1. The Balaban J connectivity index is 2.33. The summed E-state index contributed by atoms with van der Waals surface area (Å²) in [7, 11) is 0. The van der Waals surface area contributed by atoms with E-state index in [0.29, 0.717) is 5.92 Å². The summed E-state index contributed by atoms with van der Waals surface area (Å²) in [5.74, 6) is -0.992. The quantitative estimate of drug-likeness (QED) is 0.816. The molecule has 0 aromatic heterocycles. The summed E-state index contributed by atoms with van der Waals surface area (Å²) in [4.78, 5) is 22.1. The second-order valence-corrected chi connectivity index (χ2v) is 4.80. The van der Waals surface area contributed by atoms with E-state index in [-0.39, 0.29) is 11.6 Å². The Bertz CT molecular complexity index is 530. The van der Waals surface area contributed by atoms with Gasteiger partial charge in [0.2, 0.25) is 5.91 Å². The minimum absolute atomic E-state index is 0.0840. The number of hydrogen-bond acceptors (Lipinski definition) is 2. The SMILES string of the molecule is CC(=O)N/C(=C/c1ccccc1C1CCC1)C(=O)O. The molecular formula is C15H17NO3. The highest BCUT2D eigenvalue weighted by molar-refractivity contribution is 5.96. The molecule has 1 aromatic carbocycles. The molecule has 0 spiro atoms. The molecule has 4 heteroatoms. The summed E-state index contributed by atoms with van der Waals surface area (Å²) in [5, 5.41) is 11.5. The predicted octanol–water partition coefficient (Wildman–Crippen LogP) is 2.52. The van der Waals surface area contributed by atoms with Gasteiger partial charge in [0, 0.05) is 6.92 Å². The largest absolute Gasteiger partial charge is 0.477 e. The van der Waals surface area contributed by atoms with E-state index < -0.39 is 5.97 Å². The van der Waals surface area contributed by atoms with Gasteiger partial charge >= 0.3 is 5.97 Å². The van der Waals surface area contributed by atoms with Crippen molar-refractivity contribution in [2.45, 2.75) is 32.1 Å². The van der Waals surface area contributed by atoms with E-state index in [0.717, 1.165) is 24.0 Å². The van der Waals surface area contributed by atoms with E-state index in [1.165, 1.54) is 19.4 Å². The van der Waals surface area contributed by atoms with E-state index in [2.05, 4.69) is 5.32 Å². The first kappa shape index (κ1) is 13.3. The smallest absolute Gasteiger partial charge is 0.352 e. The zero-order chi connectivity index (χ0) is 13.8. The molecule has 0 radical (unpaired) electrons. The first-order chi connectivity index (χ1) is 9.08. The third-order valence-corrected chi connectivity index (χ3v) is 3.38. The maximum Gasteiger partial charge on any atom is 0.352 e. The number of nitrogens with one attached hydrogen (secondary N) is 1. The van der Waals surface area contributed by atoms with Crippen molar-refractivity contribution >= 4 is 18.0 Å². The highest BCUT2D eigenvalue weighted by atomic mass is 16.4. The minimum atomic E-state index is -1.13. The lowest BCUT2D eigenvalue weighted by Crippen LogP contribution is -2.24. The Morgan fingerprint density at radius 2 is 2.00 bits per heavy atom. The molecule has 19 heavy (non-hydrogen) atoms. The van der Waals surface area contributed by atoms with Crippen molar-refractivity contribution in [1.82, 2.24) is 5.32 Å². The fourth-order valence-electron chi connectivity index (χ4n) is 2.23. The molecule has 100 valence electrons. The van der Waals surface area contributed by atoms with E-state index in [1.54, 1.807) is 0 Å². The van der Waals surface area contributed by atoms with Crippen molar-refractivity contribution in [2.75, 3.05) is 0 Å².